The Balaban J connectivity index is 1.80. The summed E-state index contributed by atoms with van der Waals surface area (Å²) in [4.78, 5) is 53.8. The highest BCUT2D eigenvalue weighted by Crippen LogP contribution is 2.19. The molecule has 1 aliphatic heterocycles. The Morgan fingerprint density at radius 2 is 1.89 bits per heavy atom. The SMILES string of the molecule is CCOC(=O)C1CCCN(C(=O)c2nn(-c3ccc(C)c(F)c3)c(=O)n(Cc3ccccc3)c2=O)C1. The van der Waals surface area contributed by atoms with Crippen LogP contribution >= 0.6 is 0 Å². The minimum absolute atomic E-state index is 0.0791. The Kier molecular flexibility index (Phi) is 7.42. The van der Waals surface area contributed by atoms with E-state index in [-0.39, 0.29) is 25.4 Å². The van der Waals surface area contributed by atoms with Gasteiger partial charge in [0.25, 0.3) is 11.5 Å². The quantitative estimate of drug-likeness (QED) is 0.487. The van der Waals surface area contributed by atoms with Gasteiger partial charge in [0.15, 0.2) is 0 Å². The molecular formula is C26H27FN4O5. The van der Waals surface area contributed by atoms with Gasteiger partial charge in [-0.05, 0) is 43.9 Å². The molecule has 1 aromatic heterocycles. The zero-order valence-corrected chi connectivity index (χ0v) is 20.1. The van der Waals surface area contributed by atoms with Crippen LogP contribution in [0.15, 0.2) is 58.1 Å². The molecule has 1 unspecified atom stereocenters. The fraction of sp³-hybridized carbons (Fsp3) is 0.346. The van der Waals surface area contributed by atoms with Crippen LogP contribution in [0.25, 0.3) is 5.69 Å². The molecule has 1 saturated heterocycles. The summed E-state index contributed by atoms with van der Waals surface area (Å²) in [5, 5.41) is 4.09. The van der Waals surface area contributed by atoms with Crippen LogP contribution in [0.5, 0.6) is 0 Å². The van der Waals surface area contributed by atoms with E-state index in [4.69, 9.17) is 4.74 Å². The van der Waals surface area contributed by atoms with Crippen LogP contribution in [0.1, 0.15) is 41.4 Å². The summed E-state index contributed by atoms with van der Waals surface area (Å²) in [7, 11) is 0. The first-order valence-electron chi connectivity index (χ1n) is 11.8. The fourth-order valence-corrected chi connectivity index (χ4v) is 4.20. The molecule has 36 heavy (non-hydrogen) atoms. The topological polar surface area (TPSA) is 104 Å². The zero-order chi connectivity index (χ0) is 25.8. The van der Waals surface area contributed by atoms with Crippen LogP contribution < -0.4 is 11.2 Å². The second-order valence-electron chi connectivity index (χ2n) is 8.70. The molecule has 0 spiro atoms. The fourth-order valence-electron chi connectivity index (χ4n) is 4.20. The number of likely N-dealkylation sites (tertiary alicyclic amines) is 1. The van der Waals surface area contributed by atoms with E-state index in [9.17, 15) is 23.6 Å². The van der Waals surface area contributed by atoms with Gasteiger partial charge < -0.3 is 9.64 Å². The molecule has 188 valence electrons. The monoisotopic (exact) mass is 494 g/mol. The predicted octanol–water partition coefficient (Wildman–Crippen LogP) is 2.31. The van der Waals surface area contributed by atoms with Crippen LogP contribution in [0.4, 0.5) is 4.39 Å². The molecule has 2 aromatic carbocycles. The number of aromatic nitrogens is 3. The summed E-state index contributed by atoms with van der Waals surface area (Å²) >= 11 is 0. The lowest BCUT2D eigenvalue weighted by molar-refractivity contribution is -0.149. The zero-order valence-electron chi connectivity index (χ0n) is 20.1. The molecule has 2 heterocycles. The Bertz CT molecular complexity index is 1400. The predicted molar refractivity (Wildman–Crippen MR) is 130 cm³/mol. The van der Waals surface area contributed by atoms with Gasteiger partial charge in [-0.2, -0.15) is 9.78 Å². The van der Waals surface area contributed by atoms with Crippen molar-refractivity contribution >= 4 is 11.9 Å². The van der Waals surface area contributed by atoms with Crippen LogP contribution in [-0.2, 0) is 16.1 Å². The Hall–Kier alpha value is -4.08. The summed E-state index contributed by atoms with van der Waals surface area (Å²) in [6, 6.07) is 13.0. The molecule has 10 heteroatoms. The average molecular weight is 495 g/mol. The number of ether oxygens (including phenoxy) is 1. The molecule has 3 aromatic rings. The summed E-state index contributed by atoms with van der Waals surface area (Å²) < 4.78 is 21.2. The highest BCUT2D eigenvalue weighted by atomic mass is 19.1. The molecule has 9 nitrogen and oxygen atoms in total. The average Bonchev–Trinajstić information content (AvgIpc) is 2.89. The van der Waals surface area contributed by atoms with Crippen LogP contribution in [0.2, 0.25) is 0 Å². The van der Waals surface area contributed by atoms with Crippen molar-refractivity contribution in [2.75, 3.05) is 19.7 Å². The van der Waals surface area contributed by atoms with E-state index in [1.807, 2.05) is 0 Å². The summed E-state index contributed by atoms with van der Waals surface area (Å²) in [5.74, 6) is -2.16. The van der Waals surface area contributed by atoms with Crippen molar-refractivity contribution in [3.8, 4) is 5.69 Å². The lowest BCUT2D eigenvalue weighted by atomic mass is 9.98. The smallest absolute Gasteiger partial charge is 0.352 e. The van der Waals surface area contributed by atoms with E-state index in [2.05, 4.69) is 5.10 Å². The third kappa shape index (κ3) is 5.12. The highest BCUT2D eigenvalue weighted by Gasteiger charge is 2.32. The van der Waals surface area contributed by atoms with Gasteiger partial charge in [-0.1, -0.05) is 36.4 Å². The molecule has 1 atom stereocenters. The second-order valence-corrected chi connectivity index (χ2v) is 8.70. The number of piperidine rings is 1. The number of esters is 1. The maximum absolute atomic E-state index is 14.3. The van der Waals surface area contributed by atoms with E-state index >= 15 is 0 Å². The normalized spacial score (nSPS) is 15.5. The molecule has 4 rings (SSSR count). The standard InChI is InChI=1S/C26H27FN4O5/c1-3-36-25(34)19-10-7-13-29(16-19)23(32)22-24(33)30(15-18-8-5-4-6-9-18)26(35)31(28-22)20-12-11-17(2)21(27)14-20/h4-6,8-9,11-12,14,19H,3,7,10,13,15-16H2,1-2H3. The number of halogens is 1. The number of amides is 1. The van der Waals surface area contributed by atoms with Crippen molar-refractivity contribution in [3.05, 3.63) is 92.0 Å². The first-order chi connectivity index (χ1) is 17.3. The van der Waals surface area contributed by atoms with Crippen LogP contribution in [-0.4, -0.2) is 50.8 Å². The van der Waals surface area contributed by atoms with E-state index in [1.54, 1.807) is 44.2 Å². The maximum Gasteiger partial charge on any atom is 0.352 e. The molecule has 1 amide bonds. The Labute approximate surface area is 206 Å². The molecular weight excluding hydrogens is 467 g/mol. The van der Waals surface area contributed by atoms with Gasteiger partial charge in [0.05, 0.1) is 24.8 Å². The minimum Gasteiger partial charge on any atom is -0.466 e. The number of rotatable bonds is 6. The van der Waals surface area contributed by atoms with Crippen molar-refractivity contribution in [1.29, 1.82) is 0 Å². The number of nitrogens with zero attached hydrogens (tertiary/aromatic N) is 4. The molecule has 1 fully saturated rings. The molecule has 0 aliphatic carbocycles. The number of hydrogen-bond acceptors (Lipinski definition) is 6. The van der Waals surface area contributed by atoms with Crippen molar-refractivity contribution in [2.45, 2.75) is 33.2 Å². The summed E-state index contributed by atoms with van der Waals surface area (Å²) in [5.41, 5.74) is -0.997. The van der Waals surface area contributed by atoms with E-state index in [0.29, 0.717) is 30.5 Å². The molecule has 0 radical (unpaired) electrons. The van der Waals surface area contributed by atoms with Gasteiger partial charge >= 0.3 is 11.7 Å². The first-order valence-corrected chi connectivity index (χ1v) is 11.8. The van der Waals surface area contributed by atoms with Crippen molar-refractivity contribution in [3.63, 3.8) is 0 Å². The van der Waals surface area contributed by atoms with Gasteiger partial charge in [0.1, 0.15) is 5.82 Å². The van der Waals surface area contributed by atoms with Crippen molar-refractivity contribution < 1.29 is 18.7 Å². The summed E-state index contributed by atoms with van der Waals surface area (Å²) in [6.45, 7) is 3.83. The molecule has 1 aliphatic rings. The molecule has 0 N–H and O–H groups in total. The maximum atomic E-state index is 14.3. The first kappa shape index (κ1) is 25.0. The highest BCUT2D eigenvalue weighted by molar-refractivity contribution is 5.92. The largest absolute Gasteiger partial charge is 0.466 e. The lowest BCUT2D eigenvalue weighted by Gasteiger charge is -2.31. The van der Waals surface area contributed by atoms with Crippen LogP contribution in [0.3, 0.4) is 0 Å². The number of hydrogen-bond donors (Lipinski definition) is 0. The Morgan fingerprint density at radius 3 is 2.58 bits per heavy atom. The number of carbonyl (C=O) groups is 2. The van der Waals surface area contributed by atoms with Gasteiger partial charge in [-0.15, -0.1) is 0 Å². The van der Waals surface area contributed by atoms with Gasteiger partial charge in [0, 0.05) is 19.2 Å². The van der Waals surface area contributed by atoms with Gasteiger partial charge in [-0.25, -0.2) is 9.18 Å². The molecule has 0 saturated carbocycles. The Morgan fingerprint density at radius 1 is 1.14 bits per heavy atom. The third-order valence-electron chi connectivity index (χ3n) is 6.17. The second kappa shape index (κ2) is 10.7. The van der Waals surface area contributed by atoms with E-state index in [1.165, 1.54) is 17.0 Å². The number of carbonyl (C=O) groups excluding carboxylic acids is 2. The van der Waals surface area contributed by atoms with Crippen LogP contribution in [0, 0.1) is 18.7 Å². The van der Waals surface area contributed by atoms with E-state index in [0.717, 1.165) is 15.3 Å². The van der Waals surface area contributed by atoms with Crippen molar-refractivity contribution in [1.82, 2.24) is 19.2 Å². The number of aryl methyl sites for hydroxylation is 1. The molecule has 0 bridgehead atoms. The summed E-state index contributed by atoms with van der Waals surface area (Å²) in [6.07, 6.45) is 1.12. The number of benzene rings is 2. The third-order valence-corrected chi connectivity index (χ3v) is 6.17. The van der Waals surface area contributed by atoms with E-state index < -0.39 is 40.6 Å². The van der Waals surface area contributed by atoms with Crippen molar-refractivity contribution in [2.24, 2.45) is 5.92 Å². The minimum atomic E-state index is -0.851. The van der Waals surface area contributed by atoms with Gasteiger partial charge in [-0.3, -0.25) is 19.0 Å². The lowest BCUT2D eigenvalue weighted by Crippen LogP contribution is -2.49. The van der Waals surface area contributed by atoms with Gasteiger partial charge in [0.2, 0.25) is 5.69 Å².